The standard InChI is InChI=1S/C28H42O3/c1-25(2,3)16-13-17(22(29)18(14-16)26(4,5)6)21-23(30)19(27(7,8)9)15-20(24(21)31)28(10,11)12/h13-15,29-31H,1-12H3. The second kappa shape index (κ2) is 7.46. The predicted molar refractivity (Wildman–Crippen MR) is 132 cm³/mol. The summed E-state index contributed by atoms with van der Waals surface area (Å²) in [6, 6.07) is 5.87. The van der Waals surface area contributed by atoms with Crippen LogP contribution < -0.4 is 0 Å². The van der Waals surface area contributed by atoms with E-state index in [0.29, 0.717) is 11.1 Å². The zero-order valence-corrected chi connectivity index (χ0v) is 21.6. The van der Waals surface area contributed by atoms with E-state index in [9.17, 15) is 15.3 Å². The molecule has 2 aromatic rings. The van der Waals surface area contributed by atoms with Crippen LogP contribution >= 0.6 is 0 Å². The highest BCUT2D eigenvalue weighted by Gasteiger charge is 2.33. The summed E-state index contributed by atoms with van der Waals surface area (Å²) in [5, 5.41) is 34.2. The molecule has 0 fully saturated rings. The molecule has 31 heavy (non-hydrogen) atoms. The third-order valence-corrected chi connectivity index (χ3v) is 5.94. The molecule has 0 atom stereocenters. The Kier molecular flexibility index (Phi) is 6.04. The zero-order valence-electron chi connectivity index (χ0n) is 21.6. The third kappa shape index (κ3) is 4.86. The van der Waals surface area contributed by atoms with E-state index in [1.807, 2.05) is 59.7 Å². The van der Waals surface area contributed by atoms with E-state index < -0.39 is 0 Å². The van der Waals surface area contributed by atoms with E-state index in [2.05, 4.69) is 41.5 Å². The number of rotatable bonds is 1. The largest absolute Gasteiger partial charge is 0.507 e. The summed E-state index contributed by atoms with van der Waals surface area (Å²) in [4.78, 5) is 0. The smallest absolute Gasteiger partial charge is 0.131 e. The summed E-state index contributed by atoms with van der Waals surface area (Å²) in [6.45, 7) is 24.8. The van der Waals surface area contributed by atoms with Gasteiger partial charge in [0.25, 0.3) is 0 Å². The number of aromatic hydroxyl groups is 3. The molecule has 0 heterocycles. The van der Waals surface area contributed by atoms with Crippen molar-refractivity contribution in [1.29, 1.82) is 0 Å². The van der Waals surface area contributed by atoms with Gasteiger partial charge < -0.3 is 15.3 Å². The van der Waals surface area contributed by atoms with Crippen LogP contribution in [-0.4, -0.2) is 15.3 Å². The molecule has 0 aliphatic heterocycles. The highest BCUT2D eigenvalue weighted by atomic mass is 16.3. The Balaban J connectivity index is 3.13. The lowest BCUT2D eigenvalue weighted by Crippen LogP contribution is -2.18. The normalized spacial score (nSPS) is 13.5. The molecule has 0 saturated heterocycles. The summed E-state index contributed by atoms with van der Waals surface area (Å²) in [6.07, 6.45) is 0. The molecule has 0 amide bonds. The minimum absolute atomic E-state index is 0.0271. The monoisotopic (exact) mass is 426 g/mol. The number of benzene rings is 2. The van der Waals surface area contributed by atoms with Crippen LogP contribution in [0.15, 0.2) is 18.2 Å². The number of hydrogen-bond donors (Lipinski definition) is 3. The first-order valence-electron chi connectivity index (χ1n) is 11.2. The fraction of sp³-hybridized carbons (Fsp3) is 0.571. The van der Waals surface area contributed by atoms with Gasteiger partial charge in [0.1, 0.15) is 17.2 Å². The molecule has 0 bridgehead atoms. The van der Waals surface area contributed by atoms with Crippen molar-refractivity contribution in [3.63, 3.8) is 0 Å². The average molecular weight is 427 g/mol. The molecule has 0 aliphatic rings. The summed E-state index contributed by atoms with van der Waals surface area (Å²) >= 11 is 0. The van der Waals surface area contributed by atoms with Crippen molar-refractivity contribution in [1.82, 2.24) is 0 Å². The molecule has 0 unspecified atom stereocenters. The average Bonchev–Trinajstić information content (AvgIpc) is 2.51. The molecule has 3 heteroatoms. The van der Waals surface area contributed by atoms with Gasteiger partial charge in [-0.2, -0.15) is 0 Å². The summed E-state index contributed by atoms with van der Waals surface area (Å²) < 4.78 is 0. The number of hydrogen-bond acceptors (Lipinski definition) is 3. The molecule has 2 rings (SSSR count). The molecule has 3 nitrogen and oxygen atoms in total. The van der Waals surface area contributed by atoms with Gasteiger partial charge in [-0.15, -0.1) is 0 Å². The minimum atomic E-state index is -0.337. The van der Waals surface area contributed by atoms with Crippen LogP contribution in [-0.2, 0) is 21.7 Å². The van der Waals surface area contributed by atoms with Gasteiger partial charge in [-0.3, -0.25) is 0 Å². The van der Waals surface area contributed by atoms with Gasteiger partial charge in [0.05, 0.1) is 5.56 Å². The van der Waals surface area contributed by atoms with Crippen LogP contribution in [0.4, 0.5) is 0 Å². The third-order valence-electron chi connectivity index (χ3n) is 5.94. The summed E-state index contributed by atoms with van der Waals surface area (Å²) in [5.41, 5.74) is 2.99. The van der Waals surface area contributed by atoms with Crippen molar-refractivity contribution in [3.05, 3.63) is 40.5 Å². The number of phenolic OH excluding ortho intramolecular Hbond substituents is 3. The first kappa shape index (κ1) is 25.1. The van der Waals surface area contributed by atoms with Crippen LogP contribution in [0, 0.1) is 0 Å². The Morgan fingerprint density at radius 3 is 1.13 bits per heavy atom. The van der Waals surface area contributed by atoms with E-state index in [-0.39, 0.29) is 38.9 Å². The van der Waals surface area contributed by atoms with Gasteiger partial charge in [-0.05, 0) is 39.4 Å². The molecular formula is C28H42O3. The van der Waals surface area contributed by atoms with Crippen molar-refractivity contribution < 1.29 is 15.3 Å². The molecular weight excluding hydrogens is 384 g/mol. The fourth-order valence-electron chi connectivity index (χ4n) is 3.89. The van der Waals surface area contributed by atoms with Crippen LogP contribution in [0.3, 0.4) is 0 Å². The summed E-state index contributed by atoms with van der Waals surface area (Å²) in [5.74, 6) is 0.162. The molecule has 0 saturated carbocycles. The highest BCUT2D eigenvalue weighted by molar-refractivity contribution is 5.85. The summed E-state index contributed by atoms with van der Waals surface area (Å²) in [7, 11) is 0. The lowest BCUT2D eigenvalue weighted by molar-refractivity contribution is 0.417. The quantitative estimate of drug-likeness (QED) is 0.438. The van der Waals surface area contributed by atoms with E-state index >= 15 is 0 Å². The number of phenols is 3. The van der Waals surface area contributed by atoms with Gasteiger partial charge in [0.15, 0.2) is 0 Å². The molecule has 2 aromatic carbocycles. The molecule has 0 aromatic heterocycles. The lowest BCUT2D eigenvalue weighted by Gasteiger charge is -2.31. The predicted octanol–water partition coefficient (Wildman–Crippen LogP) is 7.66. The highest BCUT2D eigenvalue weighted by Crippen LogP contribution is 2.52. The second-order valence-electron chi connectivity index (χ2n) is 13.0. The van der Waals surface area contributed by atoms with Crippen LogP contribution in [0.5, 0.6) is 17.2 Å². The Hall–Kier alpha value is -2.16. The first-order chi connectivity index (χ1) is 13.7. The van der Waals surface area contributed by atoms with Crippen molar-refractivity contribution in [3.8, 4) is 28.4 Å². The molecule has 0 radical (unpaired) electrons. The van der Waals surface area contributed by atoms with Crippen molar-refractivity contribution in [2.45, 2.75) is 105 Å². The van der Waals surface area contributed by atoms with Crippen LogP contribution in [0.1, 0.15) is 105 Å². The van der Waals surface area contributed by atoms with Gasteiger partial charge in [-0.25, -0.2) is 0 Å². The van der Waals surface area contributed by atoms with Crippen LogP contribution in [0.25, 0.3) is 11.1 Å². The topological polar surface area (TPSA) is 60.7 Å². The van der Waals surface area contributed by atoms with Gasteiger partial charge in [-0.1, -0.05) is 89.2 Å². The Labute approximate surface area is 189 Å². The maximum atomic E-state index is 11.4. The van der Waals surface area contributed by atoms with Crippen molar-refractivity contribution in [2.75, 3.05) is 0 Å². The van der Waals surface area contributed by atoms with E-state index in [1.165, 1.54) is 0 Å². The van der Waals surface area contributed by atoms with E-state index in [0.717, 1.165) is 22.3 Å². The molecule has 0 spiro atoms. The first-order valence-corrected chi connectivity index (χ1v) is 11.2. The lowest BCUT2D eigenvalue weighted by atomic mass is 9.75. The fourth-order valence-corrected chi connectivity index (χ4v) is 3.89. The van der Waals surface area contributed by atoms with E-state index in [4.69, 9.17) is 0 Å². The van der Waals surface area contributed by atoms with Crippen molar-refractivity contribution in [2.24, 2.45) is 0 Å². The van der Waals surface area contributed by atoms with E-state index in [1.54, 1.807) is 0 Å². The second-order valence-corrected chi connectivity index (χ2v) is 13.0. The Morgan fingerprint density at radius 1 is 0.452 bits per heavy atom. The zero-order chi connectivity index (χ0) is 24.3. The maximum Gasteiger partial charge on any atom is 0.131 e. The maximum absolute atomic E-state index is 11.4. The Bertz CT molecular complexity index is 947. The SMILES string of the molecule is CC(C)(C)c1cc(-c2c(O)c(C(C)(C)C)cc(C(C)(C)C)c2O)c(O)c(C(C)(C)C)c1. The molecule has 172 valence electrons. The molecule has 3 N–H and O–H groups in total. The van der Waals surface area contributed by atoms with Gasteiger partial charge in [0.2, 0.25) is 0 Å². The molecule has 0 aliphatic carbocycles. The van der Waals surface area contributed by atoms with Gasteiger partial charge in [0, 0.05) is 22.3 Å². The Morgan fingerprint density at radius 2 is 0.806 bits per heavy atom. The van der Waals surface area contributed by atoms with Gasteiger partial charge >= 0.3 is 0 Å². The van der Waals surface area contributed by atoms with Crippen LogP contribution in [0.2, 0.25) is 0 Å². The van der Waals surface area contributed by atoms with Crippen molar-refractivity contribution >= 4 is 0 Å². The minimum Gasteiger partial charge on any atom is -0.507 e.